The van der Waals surface area contributed by atoms with E-state index < -0.39 is 11.8 Å². The van der Waals surface area contributed by atoms with Crippen LogP contribution in [0.4, 0.5) is 0 Å². The third-order valence-corrected chi connectivity index (χ3v) is 7.19. The van der Waals surface area contributed by atoms with E-state index in [0.717, 1.165) is 21.7 Å². The van der Waals surface area contributed by atoms with Crippen LogP contribution in [0.25, 0.3) is 28.6 Å². The second-order valence-electron chi connectivity index (χ2n) is 9.97. The lowest BCUT2D eigenvalue weighted by molar-refractivity contribution is -0.138. The van der Waals surface area contributed by atoms with Crippen LogP contribution in [-0.2, 0) is 16.2 Å². The van der Waals surface area contributed by atoms with Crippen LogP contribution in [0.15, 0.2) is 133 Å². The van der Waals surface area contributed by atoms with Gasteiger partial charge in [0.1, 0.15) is 24.0 Å². The minimum atomic E-state index is -0.630. The predicted molar refractivity (Wildman–Crippen MR) is 165 cm³/mol. The first kappa shape index (κ1) is 27.2. The molecule has 0 saturated heterocycles. The molecule has 2 heterocycles. The monoisotopic (exact) mass is 562 g/mol. The van der Waals surface area contributed by atoms with Gasteiger partial charge in [-0.3, -0.25) is 14.5 Å². The summed E-state index contributed by atoms with van der Waals surface area (Å²) in [6, 6.07) is 38.3. The third kappa shape index (κ3) is 5.50. The van der Waals surface area contributed by atoms with E-state index in [1.807, 2.05) is 115 Å². The SMILES string of the molecule is CN1C(=O)C(C#N)=C(c2ccccc2)/C(=C/c2cn(-c3ccccc3)nc2-c2ccc(OCc3ccccc3)cc2)C1=O. The minimum Gasteiger partial charge on any atom is -0.489 e. The molecule has 4 aromatic carbocycles. The predicted octanol–water partition coefficient (Wildman–Crippen LogP) is 6.48. The number of para-hydroxylation sites is 1. The van der Waals surface area contributed by atoms with Crippen LogP contribution in [0.2, 0.25) is 0 Å². The number of ether oxygens (including phenoxy) is 1. The first-order chi connectivity index (χ1) is 21.0. The highest BCUT2D eigenvalue weighted by Crippen LogP contribution is 2.36. The topological polar surface area (TPSA) is 88.2 Å². The maximum absolute atomic E-state index is 13.6. The Morgan fingerprint density at radius 1 is 0.791 bits per heavy atom. The van der Waals surface area contributed by atoms with Gasteiger partial charge in [-0.1, -0.05) is 78.9 Å². The van der Waals surface area contributed by atoms with Gasteiger partial charge in [-0.15, -0.1) is 0 Å². The summed E-state index contributed by atoms with van der Waals surface area (Å²) < 4.78 is 7.73. The molecule has 43 heavy (non-hydrogen) atoms. The van der Waals surface area contributed by atoms with Gasteiger partial charge in [0.05, 0.1) is 17.0 Å². The second kappa shape index (κ2) is 11.9. The van der Waals surface area contributed by atoms with Crippen LogP contribution >= 0.6 is 0 Å². The van der Waals surface area contributed by atoms with E-state index in [-0.39, 0.29) is 11.1 Å². The molecule has 1 aliphatic rings. The van der Waals surface area contributed by atoms with Crippen molar-refractivity contribution in [1.29, 1.82) is 5.26 Å². The van der Waals surface area contributed by atoms with Crippen LogP contribution < -0.4 is 4.74 Å². The molecule has 6 rings (SSSR count). The lowest BCUT2D eigenvalue weighted by atomic mass is 9.87. The highest BCUT2D eigenvalue weighted by atomic mass is 16.5. The van der Waals surface area contributed by atoms with Crippen LogP contribution in [0, 0.1) is 11.3 Å². The number of nitrogens with zero attached hydrogens (tertiary/aromatic N) is 4. The van der Waals surface area contributed by atoms with E-state index in [4.69, 9.17) is 9.84 Å². The standard InChI is InChI=1S/C36H26N4O3/c1-39-35(41)31(33(32(22-37)36(39)42)26-13-7-3-8-14-26)21-28-23-40(29-15-9-4-10-16-29)38-34(28)27-17-19-30(20-18-27)43-24-25-11-5-2-6-12-25/h2-21,23H,24H2,1H3/b31-21-. The van der Waals surface area contributed by atoms with Crippen molar-refractivity contribution < 1.29 is 14.3 Å². The first-order valence-corrected chi connectivity index (χ1v) is 13.7. The van der Waals surface area contributed by atoms with E-state index in [1.54, 1.807) is 22.9 Å². The van der Waals surface area contributed by atoms with Gasteiger partial charge in [0, 0.05) is 29.9 Å². The molecule has 5 aromatic rings. The van der Waals surface area contributed by atoms with E-state index in [9.17, 15) is 14.9 Å². The fraction of sp³-hybridized carbons (Fsp3) is 0.0556. The summed E-state index contributed by atoms with van der Waals surface area (Å²) in [5, 5.41) is 14.9. The van der Waals surface area contributed by atoms with E-state index >= 15 is 0 Å². The third-order valence-electron chi connectivity index (χ3n) is 7.19. The quantitative estimate of drug-likeness (QED) is 0.167. The van der Waals surface area contributed by atoms with Crippen molar-refractivity contribution in [2.45, 2.75) is 6.61 Å². The van der Waals surface area contributed by atoms with Gasteiger partial charge in [0.2, 0.25) is 0 Å². The summed E-state index contributed by atoms with van der Waals surface area (Å²) in [5.74, 6) is -0.411. The van der Waals surface area contributed by atoms with Crippen LogP contribution in [0.3, 0.4) is 0 Å². The molecule has 0 bridgehead atoms. The highest BCUT2D eigenvalue weighted by Gasteiger charge is 2.36. The minimum absolute atomic E-state index is 0.0866. The number of likely N-dealkylation sites (N-methyl/N-ethyl adjacent to an activating group) is 1. The molecule has 7 nitrogen and oxygen atoms in total. The smallest absolute Gasteiger partial charge is 0.271 e. The maximum Gasteiger partial charge on any atom is 0.271 e. The van der Waals surface area contributed by atoms with Crippen molar-refractivity contribution in [2.24, 2.45) is 0 Å². The summed E-state index contributed by atoms with van der Waals surface area (Å²) in [5.41, 5.74) is 5.07. The zero-order valence-corrected chi connectivity index (χ0v) is 23.3. The molecule has 0 N–H and O–H groups in total. The number of benzene rings is 4. The molecule has 0 spiro atoms. The zero-order chi connectivity index (χ0) is 29.8. The molecule has 208 valence electrons. The molecule has 1 aromatic heterocycles. The maximum atomic E-state index is 13.6. The summed E-state index contributed by atoms with van der Waals surface area (Å²) in [4.78, 5) is 27.5. The Hall–Kier alpha value is -6.00. The Kier molecular flexibility index (Phi) is 7.49. The van der Waals surface area contributed by atoms with Gasteiger partial charge in [-0.05, 0) is 53.6 Å². The number of aromatic nitrogens is 2. The van der Waals surface area contributed by atoms with Gasteiger partial charge < -0.3 is 4.74 Å². The number of nitriles is 1. The molecule has 2 amide bonds. The summed E-state index contributed by atoms with van der Waals surface area (Å²) in [6.45, 7) is 0.449. The van der Waals surface area contributed by atoms with E-state index in [2.05, 4.69) is 0 Å². The normalized spacial score (nSPS) is 14.2. The van der Waals surface area contributed by atoms with E-state index in [1.165, 1.54) is 7.05 Å². The molecular weight excluding hydrogens is 536 g/mol. The number of hydrogen-bond donors (Lipinski definition) is 0. The number of carbonyl (C=O) groups excluding carboxylic acids is 2. The van der Waals surface area contributed by atoms with Gasteiger partial charge >= 0.3 is 0 Å². The number of amides is 2. The zero-order valence-electron chi connectivity index (χ0n) is 23.3. The number of rotatable bonds is 7. The molecule has 0 atom stereocenters. The Morgan fingerprint density at radius 3 is 2.07 bits per heavy atom. The Bertz CT molecular complexity index is 1900. The number of carbonyl (C=O) groups is 2. The number of hydrogen-bond acceptors (Lipinski definition) is 5. The number of imide groups is 1. The lowest BCUT2D eigenvalue weighted by Crippen LogP contribution is -2.39. The average Bonchev–Trinajstić information content (AvgIpc) is 3.49. The fourth-order valence-corrected chi connectivity index (χ4v) is 4.97. The van der Waals surface area contributed by atoms with Crippen molar-refractivity contribution in [3.05, 3.63) is 149 Å². The van der Waals surface area contributed by atoms with E-state index in [0.29, 0.717) is 34.8 Å². The Morgan fingerprint density at radius 2 is 1.42 bits per heavy atom. The van der Waals surface area contributed by atoms with Crippen LogP contribution in [0.5, 0.6) is 5.75 Å². The molecule has 0 unspecified atom stereocenters. The van der Waals surface area contributed by atoms with Crippen molar-refractivity contribution in [1.82, 2.24) is 14.7 Å². The Labute approximate surface area is 249 Å². The summed E-state index contributed by atoms with van der Waals surface area (Å²) in [6.07, 6.45) is 3.56. The van der Waals surface area contributed by atoms with Crippen molar-refractivity contribution in [3.63, 3.8) is 0 Å². The largest absolute Gasteiger partial charge is 0.489 e. The summed E-state index contributed by atoms with van der Waals surface area (Å²) >= 11 is 0. The van der Waals surface area contributed by atoms with Gasteiger partial charge in [-0.25, -0.2) is 4.68 Å². The van der Waals surface area contributed by atoms with Crippen molar-refractivity contribution in [3.8, 4) is 28.8 Å². The van der Waals surface area contributed by atoms with Crippen LogP contribution in [0.1, 0.15) is 16.7 Å². The molecular formula is C36H26N4O3. The molecule has 0 aliphatic carbocycles. The lowest BCUT2D eigenvalue weighted by Gasteiger charge is -2.25. The molecule has 7 heteroatoms. The molecule has 0 radical (unpaired) electrons. The van der Waals surface area contributed by atoms with Gasteiger partial charge in [0.15, 0.2) is 0 Å². The fourth-order valence-electron chi connectivity index (χ4n) is 4.97. The van der Waals surface area contributed by atoms with Crippen molar-refractivity contribution in [2.75, 3.05) is 7.05 Å². The molecule has 0 saturated carbocycles. The van der Waals surface area contributed by atoms with Crippen molar-refractivity contribution >= 4 is 23.5 Å². The first-order valence-electron chi connectivity index (χ1n) is 13.7. The summed E-state index contributed by atoms with van der Waals surface area (Å²) in [7, 11) is 1.39. The molecule has 1 aliphatic heterocycles. The highest BCUT2D eigenvalue weighted by molar-refractivity contribution is 6.28. The van der Waals surface area contributed by atoms with Gasteiger partial charge in [0.25, 0.3) is 11.8 Å². The molecule has 0 fully saturated rings. The Balaban J connectivity index is 1.46. The van der Waals surface area contributed by atoms with Crippen LogP contribution in [-0.4, -0.2) is 33.5 Å². The second-order valence-corrected chi connectivity index (χ2v) is 9.97. The van der Waals surface area contributed by atoms with Gasteiger partial charge in [-0.2, -0.15) is 10.4 Å². The average molecular weight is 563 g/mol.